The zero-order chi connectivity index (χ0) is 17.4. The number of hydrogen-bond acceptors (Lipinski definition) is 4. The summed E-state index contributed by atoms with van der Waals surface area (Å²) < 4.78 is 10.8. The van der Waals surface area contributed by atoms with E-state index in [-0.39, 0.29) is 11.7 Å². The van der Waals surface area contributed by atoms with E-state index >= 15 is 0 Å². The Bertz CT molecular complexity index is 514. The molecule has 5 nitrogen and oxygen atoms in total. The third kappa shape index (κ3) is 6.04. The minimum Gasteiger partial charge on any atom is -0.450 e. The van der Waals surface area contributed by atoms with E-state index in [9.17, 15) is 4.79 Å². The Morgan fingerprint density at radius 3 is 2.75 bits per heavy atom. The van der Waals surface area contributed by atoms with E-state index in [0.717, 1.165) is 39.0 Å². The van der Waals surface area contributed by atoms with Crippen LogP contribution in [0.1, 0.15) is 39.2 Å². The van der Waals surface area contributed by atoms with Crippen LogP contribution in [0.25, 0.3) is 0 Å². The van der Waals surface area contributed by atoms with Crippen molar-refractivity contribution in [2.45, 2.75) is 45.6 Å². The fourth-order valence-corrected chi connectivity index (χ4v) is 2.78. The van der Waals surface area contributed by atoms with Crippen LogP contribution in [0.4, 0.5) is 10.5 Å². The highest BCUT2D eigenvalue weighted by Crippen LogP contribution is 2.23. The third-order valence-corrected chi connectivity index (χ3v) is 4.14. The summed E-state index contributed by atoms with van der Waals surface area (Å²) in [4.78, 5) is 13.8. The maximum atomic E-state index is 11.5. The molecular weight excluding hydrogens is 304 g/mol. The van der Waals surface area contributed by atoms with Gasteiger partial charge in [-0.2, -0.15) is 0 Å². The number of rotatable bonds is 7. The van der Waals surface area contributed by atoms with Gasteiger partial charge in [-0.25, -0.2) is 4.79 Å². The van der Waals surface area contributed by atoms with Crippen molar-refractivity contribution in [2.75, 3.05) is 37.7 Å². The lowest BCUT2D eigenvalue weighted by Gasteiger charge is -2.39. The Morgan fingerprint density at radius 1 is 1.33 bits per heavy atom. The standard InChI is InChI=1S/C19H30N2O3/c1-4-5-13-23-18(22)20-11-10-16-6-8-17(9-7-16)21-12-14-24-19(2,3)15-21/h6-9H,4-5,10-15H2,1-3H3,(H,20,22). The van der Waals surface area contributed by atoms with Crippen molar-refractivity contribution >= 4 is 11.8 Å². The van der Waals surface area contributed by atoms with E-state index in [0.29, 0.717) is 13.2 Å². The second-order valence-electron chi connectivity index (χ2n) is 6.86. The SMILES string of the molecule is CCCCOC(=O)NCCc1ccc(N2CCOC(C)(C)C2)cc1. The number of carbonyl (C=O) groups excluding carboxylic acids is 1. The van der Waals surface area contributed by atoms with Crippen molar-refractivity contribution in [3.05, 3.63) is 29.8 Å². The number of nitrogens with zero attached hydrogens (tertiary/aromatic N) is 1. The lowest BCUT2D eigenvalue weighted by atomic mass is 10.1. The van der Waals surface area contributed by atoms with Crippen LogP contribution in [0.5, 0.6) is 0 Å². The molecule has 1 heterocycles. The largest absolute Gasteiger partial charge is 0.450 e. The first-order valence-electron chi connectivity index (χ1n) is 8.88. The summed E-state index contributed by atoms with van der Waals surface area (Å²) in [5, 5.41) is 2.79. The number of amides is 1. The summed E-state index contributed by atoms with van der Waals surface area (Å²) in [5.41, 5.74) is 2.33. The molecule has 1 fully saturated rings. The van der Waals surface area contributed by atoms with Gasteiger partial charge in [-0.05, 0) is 44.4 Å². The third-order valence-electron chi connectivity index (χ3n) is 4.14. The van der Waals surface area contributed by atoms with Crippen molar-refractivity contribution in [3.63, 3.8) is 0 Å². The number of ether oxygens (including phenoxy) is 2. The Kier molecular flexibility index (Phi) is 6.91. The van der Waals surface area contributed by atoms with E-state index in [2.05, 4.69) is 55.3 Å². The molecule has 0 aliphatic carbocycles. The maximum Gasteiger partial charge on any atom is 0.407 e. The van der Waals surface area contributed by atoms with Gasteiger partial charge in [0, 0.05) is 25.3 Å². The van der Waals surface area contributed by atoms with E-state index in [1.807, 2.05) is 0 Å². The van der Waals surface area contributed by atoms with Crippen molar-refractivity contribution in [3.8, 4) is 0 Å². The molecule has 1 aliphatic heterocycles. The Morgan fingerprint density at radius 2 is 2.08 bits per heavy atom. The van der Waals surface area contributed by atoms with Gasteiger partial charge < -0.3 is 19.7 Å². The normalized spacial score (nSPS) is 16.7. The zero-order valence-corrected chi connectivity index (χ0v) is 15.1. The summed E-state index contributed by atoms with van der Waals surface area (Å²) in [6.45, 7) is 9.99. The first-order chi connectivity index (χ1) is 11.5. The molecule has 1 N–H and O–H groups in total. The van der Waals surface area contributed by atoms with Crippen LogP contribution in [0.2, 0.25) is 0 Å². The van der Waals surface area contributed by atoms with Crippen LogP contribution in [0.3, 0.4) is 0 Å². The van der Waals surface area contributed by atoms with Gasteiger partial charge >= 0.3 is 6.09 Å². The Balaban J connectivity index is 1.75. The van der Waals surface area contributed by atoms with Crippen molar-refractivity contribution in [1.82, 2.24) is 5.32 Å². The lowest BCUT2D eigenvalue weighted by Crippen LogP contribution is -2.48. The van der Waals surface area contributed by atoms with Gasteiger partial charge in [-0.3, -0.25) is 0 Å². The quantitative estimate of drug-likeness (QED) is 0.777. The van der Waals surface area contributed by atoms with Crippen LogP contribution < -0.4 is 10.2 Å². The molecule has 0 atom stereocenters. The van der Waals surface area contributed by atoms with Gasteiger partial charge in [-0.1, -0.05) is 25.5 Å². The maximum absolute atomic E-state index is 11.5. The monoisotopic (exact) mass is 334 g/mol. The van der Waals surface area contributed by atoms with Gasteiger partial charge in [0.15, 0.2) is 0 Å². The number of nitrogens with one attached hydrogen (secondary N) is 1. The molecule has 0 bridgehead atoms. The average Bonchev–Trinajstić information content (AvgIpc) is 2.55. The fourth-order valence-electron chi connectivity index (χ4n) is 2.78. The van der Waals surface area contributed by atoms with Gasteiger partial charge in [0.1, 0.15) is 0 Å². The van der Waals surface area contributed by atoms with E-state index in [4.69, 9.17) is 9.47 Å². The van der Waals surface area contributed by atoms with Crippen LogP contribution in [0, 0.1) is 0 Å². The zero-order valence-electron chi connectivity index (χ0n) is 15.1. The van der Waals surface area contributed by atoms with Gasteiger partial charge in [0.25, 0.3) is 0 Å². The second kappa shape index (κ2) is 8.92. The Hall–Kier alpha value is -1.75. The Labute approximate surface area is 145 Å². The van der Waals surface area contributed by atoms with Crippen molar-refractivity contribution in [1.29, 1.82) is 0 Å². The molecule has 2 rings (SSSR count). The molecule has 0 unspecified atom stereocenters. The first-order valence-corrected chi connectivity index (χ1v) is 8.88. The number of anilines is 1. The first kappa shape index (κ1) is 18.6. The van der Waals surface area contributed by atoms with E-state index in [1.54, 1.807) is 0 Å². The number of carbonyl (C=O) groups is 1. The highest BCUT2D eigenvalue weighted by Gasteiger charge is 2.27. The summed E-state index contributed by atoms with van der Waals surface area (Å²) in [5.74, 6) is 0. The molecule has 1 aliphatic rings. The van der Waals surface area contributed by atoms with E-state index in [1.165, 1.54) is 11.3 Å². The molecule has 0 aromatic heterocycles. The number of benzene rings is 1. The van der Waals surface area contributed by atoms with Gasteiger partial charge in [-0.15, -0.1) is 0 Å². The van der Waals surface area contributed by atoms with Crippen molar-refractivity contribution in [2.24, 2.45) is 0 Å². The molecule has 134 valence electrons. The smallest absolute Gasteiger partial charge is 0.407 e. The highest BCUT2D eigenvalue weighted by molar-refractivity contribution is 5.67. The molecule has 1 amide bonds. The van der Waals surface area contributed by atoms with Crippen molar-refractivity contribution < 1.29 is 14.3 Å². The molecule has 1 aromatic carbocycles. The molecule has 1 saturated heterocycles. The molecule has 0 spiro atoms. The summed E-state index contributed by atoms with van der Waals surface area (Å²) >= 11 is 0. The predicted molar refractivity (Wildman–Crippen MR) is 96.6 cm³/mol. The van der Waals surface area contributed by atoms with Crippen LogP contribution in [-0.2, 0) is 15.9 Å². The second-order valence-corrected chi connectivity index (χ2v) is 6.86. The molecule has 24 heavy (non-hydrogen) atoms. The van der Waals surface area contributed by atoms with Crippen LogP contribution in [-0.4, -0.2) is 44.5 Å². The molecule has 1 aromatic rings. The summed E-state index contributed by atoms with van der Waals surface area (Å²) in [6, 6.07) is 8.55. The van der Waals surface area contributed by atoms with Gasteiger partial charge in [0.2, 0.25) is 0 Å². The average molecular weight is 334 g/mol. The molecule has 5 heteroatoms. The summed E-state index contributed by atoms with van der Waals surface area (Å²) in [6.07, 6.45) is 2.42. The minimum absolute atomic E-state index is 0.0982. The fraction of sp³-hybridized carbons (Fsp3) is 0.632. The topological polar surface area (TPSA) is 50.8 Å². The lowest BCUT2D eigenvalue weighted by molar-refractivity contribution is -0.0276. The minimum atomic E-state index is -0.324. The van der Waals surface area contributed by atoms with Crippen LogP contribution in [0.15, 0.2) is 24.3 Å². The number of alkyl carbamates (subject to hydrolysis) is 1. The van der Waals surface area contributed by atoms with Gasteiger partial charge in [0.05, 0.1) is 18.8 Å². The van der Waals surface area contributed by atoms with Crippen LogP contribution >= 0.6 is 0 Å². The molecule has 0 radical (unpaired) electrons. The molecule has 0 saturated carbocycles. The predicted octanol–water partition coefficient (Wildman–Crippen LogP) is 3.37. The number of hydrogen-bond donors (Lipinski definition) is 1. The summed E-state index contributed by atoms with van der Waals surface area (Å²) in [7, 11) is 0. The highest BCUT2D eigenvalue weighted by atomic mass is 16.5. The number of unbranched alkanes of at least 4 members (excludes halogenated alkanes) is 1. The number of morpholine rings is 1. The molecular formula is C19H30N2O3. The van der Waals surface area contributed by atoms with E-state index < -0.39 is 0 Å².